The molecule has 0 radical (unpaired) electrons. The first-order valence-corrected chi connectivity index (χ1v) is 10.7. The summed E-state index contributed by atoms with van der Waals surface area (Å²) >= 11 is 1.25. The Morgan fingerprint density at radius 3 is 2.30 bits per heavy atom. The van der Waals surface area contributed by atoms with E-state index in [4.69, 9.17) is 0 Å². The monoisotopic (exact) mass is 457 g/mol. The van der Waals surface area contributed by atoms with E-state index in [1.807, 2.05) is 18.2 Å². The molecule has 5 rings (SSSR count). The summed E-state index contributed by atoms with van der Waals surface area (Å²) in [5.74, 6) is -1.99. The van der Waals surface area contributed by atoms with Gasteiger partial charge in [-0.15, -0.1) is 0 Å². The molecule has 1 fully saturated rings. The topological polar surface area (TPSA) is 114 Å². The number of fused-ring (bicyclic) bond motifs is 1. The minimum Gasteiger partial charge on any atom is -0.507 e. The molecule has 1 atom stereocenters. The van der Waals surface area contributed by atoms with Crippen LogP contribution >= 0.6 is 11.3 Å². The molecule has 1 N–H and O–H groups in total. The van der Waals surface area contributed by atoms with Crippen LogP contribution in [-0.2, 0) is 9.59 Å². The number of aliphatic hydroxyl groups is 1. The third-order valence-electron chi connectivity index (χ3n) is 5.40. The Bertz CT molecular complexity index is 1410. The lowest BCUT2D eigenvalue weighted by Crippen LogP contribution is -2.29. The minimum atomic E-state index is -0.994. The predicted molar refractivity (Wildman–Crippen MR) is 124 cm³/mol. The molecule has 1 amide bonds. The van der Waals surface area contributed by atoms with Crippen molar-refractivity contribution in [3.63, 3.8) is 0 Å². The van der Waals surface area contributed by atoms with Crippen molar-refractivity contribution in [1.29, 1.82) is 0 Å². The molecule has 8 nitrogen and oxygen atoms in total. The van der Waals surface area contributed by atoms with Crippen molar-refractivity contribution in [3.8, 4) is 0 Å². The highest BCUT2D eigenvalue weighted by molar-refractivity contribution is 7.22. The van der Waals surface area contributed by atoms with Crippen LogP contribution in [0.3, 0.4) is 0 Å². The smallest absolute Gasteiger partial charge is 0.301 e. The molecule has 1 saturated heterocycles. The van der Waals surface area contributed by atoms with E-state index in [9.17, 15) is 24.8 Å². The second-order valence-electron chi connectivity index (χ2n) is 7.35. The van der Waals surface area contributed by atoms with E-state index in [0.29, 0.717) is 21.8 Å². The van der Waals surface area contributed by atoms with E-state index < -0.39 is 22.7 Å². The van der Waals surface area contributed by atoms with Crippen LogP contribution in [0.25, 0.3) is 16.0 Å². The van der Waals surface area contributed by atoms with E-state index in [-0.39, 0.29) is 17.0 Å². The van der Waals surface area contributed by atoms with Crippen LogP contribution in [0, 0.1) is 10.1 Å². The number of aliphatic hydroxyl groups excluding tert-OH is 1. The maximum Gasteiger partial charge on any atom is 0.301 e. The van der Waals surface area contributed by atoms with Crippen molar-refractivity contribution in [1.82, 2.24) is 4.98 Å². The van der Waals surface area contributed by atoms with Gasteiger partial charge in [-0.3, -0.25) is 24.6 Å². The number of hydrogen-bond acceptors (Lipinski definition) is 7. The van der Waals surface area contributed by atoms with Crippen molar-refractivity contribution < 1.29 is 19.6 Å². The molecular weight excluding hydrogens is 442 g/mol. The summed E-state index contributed by atoms with van der Waals surface area (Å²) in [5, 5.41) is 22.5. The lowest BCUT2D eigenvalue weighted by molar-refractivity contribution is -0.384. The molecule has 0 saturated carbocycles. The SMILES string of the molecule is O=C1C(=O)N(c2nc3ccccc3s2)C(c2ccc([N+](=O)[O-])cc2)C1=C(O)c1ccccc1. The fourth-order valence-electron chi connectivity index (χ4n) is 3.84. The molecule has 9 heteroatoms. The number of nitro benzene ring substituents is 1. The van der Waals surface area contributed by atoms with Crippen LogP contribution in [0.2, 0.25) is 0 Å². The molecule has 1 aliphatic rings. The molecule has 0 spiro atoms. The second-order valence-corrected chi connectivity index (χ2v) is 8.36. The Balaban J connectivity index is 1.73. The third kappa shape index (κ3) is 3.44. The van der Waals surface area contributed by atoms with Gasteiger partial charge >= 0.3 is 5.91 Å². The first-order chi connectivity index (χ1) is 16.0. The highest BCUT2D eigenvalue weighted by Crippen LogP contribution is 2.44. The summed E-state index contributed by atoms with van der Waals surface area (Å²) in [6.45, 7) is 0. The van der Waals surface area contributed by atoms with Gasteiger partial charge in [-0.2, -0.15) is 0 Å². The number of amides is 1. The summed E-state index contributed by atoms with van der Waals surface area (Å²) < 4.78 is 0.833. The number of non-ortho nitro benzene ring substituents is 1. The molecule has 33 heavy (non-hydrogen) atoms. The number of hydrogen-bond donors (Lipinski definition) is 1. The number of anilines is 1. The highest BCUT2D eigenvalue weighted by Gasteiger charge is 2.48. The number of para-hydroxylation sites is 1. The summed E-state index contributed by atoms with van der Waals surface area (Å²) in [6.07, 6.45) is 0. The Labute approximate surface area is 191 Å². The maximum absolute atomic E-state index is 13.2. The van der Waals surface area contributed by atoms with Gasteiger partial charge in [0.15, 0.2) is 5.13 Å². The molecule has 3 aromatic carbocycles. The maximum atomic E-state index is 13.2. The van der Waals surface area contributed by atoms with Gasteiger partial charge in [-0.1, -0.05) is 53.8 Å². The van der Waals surface area contributed by atoms with E-state index in [2.05, 4.69) is 4.98 Å². The summed E-state index contributed by atoms with van der Waals surface area (Å²) in [4.78, 5) is 42.7. The van der Waals surface area contributed by atoms with Crippen LogP contribution in [0.5, 0.6) is 0 Å². The standard InChI is InChI=1S/C24H15N3O5S/c28-21(15-6-2-1-3-7-15)19-20(14-10-12-16(13-11-14)27(31)32)26(23(30)22(19)29)24-25-17-8-4-5-9-18(17)33-24/h1-13,20,28H. The minimum absolute atomic E-state index is 0.0979. The average Bonchev–Trinajstić information content (AvgIpc) is 3.38. The molecule has 4 aromatic rings. The molecule has 1 unspecified atom stereocenters. The number of ketones is 1. The van der Waals surface area contributed by atoms with Crippen molar-refractivity contribution in [2.24, 2.45) is 0 Å². The number of aromatic nitrogens is 1. The quantitative estimate of drug-likeness (QED) is 0.154. The summed E-state index contributed by atoms with van der Waals surface area (Å²) in [5.41, 5.74) is 1.27. The van der Waals surface area contributed by atoms with Gasteiger partial charge in [0, 0.05) is 17.7 Å². The number of nitrogens with zero attached hydrogens (tertiary/aromatic N) is 3. The second kappa shape index (κ2) is 7.95. The molecule has 2 heterocycles. The molecule has 1 aromatic heterocycles. The van der Waals surface area contributed by atoms with Gasteiger partial charge in [-0.25, -0.2) is 4.98 Å². The fraction of sp³-hybridized carbons (Fsp3) is 0.0417. The fourth-order valence-corrected chi connectivity index (χ4v) is 4.83. The van der Waals surface area contributed by atoms with E-state index in [0.717, 1.165) is 4.70 Å². The molecule has 162 valence electrons. The van der Waals surface area contributed by atoms with Crippen LogP contribution in [0.4, 0.5) is 10.8 Å². The lowest BCUT2D eigenvalue weighted by Gasteiger charge is -2.22. The first-order valence-electron chi connectivity index (χ1n) is 9.92. The van der Waals surface area contributed by atoms with Gasteiger partial charge in [-0.05, 0) is 29.8 Å². The van der Waals surface area contributed by atoms with Gasteiger partial charge < -0.3 is 5.11 Å². The Kier molecular flexibility index (Phi) is 4.95. The van der Waals surface area contributed by atoms with E-state index in [1.165, 1.54) is 40.5 Å². The summed E-state index contributed by atoms with van der Waals surface area (Å²) in [6, 6.07) is 20.4. The lowest BCUT2D eigenvalue weighted by atomic mass is 9.95. The molecule has 0 bridgehead atoms. The predicted octanol–water partition coefficient (Wildman–Crippen LogP) is 4.83. The third-order valence-corrected chi connectivity index (χ3v) is 6.44. The number of benzene rings is 3. The van der Waals surface area contributed by atoms with Crippen LogP contribution in [0.15, 0.2) is 84.4 Å². The van der Waals surface area contributed by atoms with Crippen molar-refractivity contribution in [2.75, 3.05) is 4.90 Å². The Morgan fingerprint density at radius 2 is 1.64 bits per heavy atom. The van der Waals surface area contributed by atoms with Crippen molar-refractivity contribution >= 4 is 49.8 Å². The average molecular weight is 457 g/mol. The number of carbonyl (C=O) groups excluding carboxylic acids is 2. The van der Waals surface area contributed by atoms with Gasteiger partial charge in [0.25, 0.3) is 11.5 Å². The summed E-state index contributed by atoms with van der Waals surface area (Å²) in [7, 11) is 0. The highest BCUT2D eigenvalue weighted by atomic mass is 32.1. The van der Waals surface area contributed by atoms with E-state index >= 15 is 0 Å². The largest absolute Gasteiger partial charge is 0.507 e. The van der Waals surface area contributed by atoms with E-state index in [1.54, 1.807) is 36.4 Å². The number of Topliss-reactive ketones (excluding diaryl/α,β-unsaturated/α-hetero) is 1. The molecular formula is C24H15N3O5S. The van der Waals surface area contributed by atoms with Crippen LogP contribution in [-0.4, -0.2) is 26.7 Å². The number of rotatable bonds is 4. The zero-order valence-electron chi connectivity index (χ0n) is 16.9. The zero-order valence-corrected chi connectivity index (χ0v) is 17.7. The zero-order chi connectivity index (χ0) is 23.1. The molecule has 1 aliphatic heterocycles. The van der Waals surface area contributed by atoms with Crippen molar-refractivity contribution in [3.05, 3.63) is 106 Å². The Hall–Kier alpha value is -4.37. The van der Waals surface area contributed by atoms with Gasteiger partial charge in [0.2, 0.25) is 0 Å². The number of thiazole rings is 1. The normalized spacial score (nSPS) is 17.6. The van der Waals surface area contributed by atoms with Crippen molar-refractivity contribution in [2.45, 2.75) is 6.04 Å². The van der Waals surface area contributed by atoms with Gasteiger partial charge in [0.05, 0.1) is 26.8 Å². The van der Waals surface area contributed by atoms with Crippen LogP contribution in [0.1, 0.15) is 17.2 Å². The Morgan fingerprint density at radius 1 is 0.970 bits per heavy atom. The number of nitro groups is 1. The first kappa shape index (κ1) is 20.5. The van der Waals surface area contributed by atoms with Gasteiger partial charge in [0.1, 0.15) is 5.76 Å². The molecule has 0 aliphatic carbocycles. The van der Waals surface area contributed by atoms with Crippen LogP contribution < -0.4 is 4.90 Å². The number of carbonyl (C=O) groups is 2.